The van der Waals surface area contributed by atoms with E-state index in [1.54, 1.807) is 19.1 Å². The number of esters is 1. The third kappa shape index (κ3) is 3.41. The number of anilines is 1. The number of hydrogen-bond donors (Lipinski definition) is 1. The number of nitrogens with zero attached hydrogens (tertiary/aromatic N) is 1. The van der Waals surface area contributed by atoms with Crippen molar-refractivity contribution in [2.45, 2.75) is 6.92 Å². The minimum absolute atomic E-state index is 0.257. The summed E-state index contributed by atoms with van der Waals surface area (Å²) < 4.78 is 4.87. The van der Waals surface area contributed by atoms with Gasteiger partial charge in [0, 0.05) is 18.1 Å². The van der Waals surface area contributed by atoms with Crippen LogP contribution in [0.3, 0.4) is 0 Å². The van der Waals surface area contributed by atoms with Gasteiger partial charge in [0.2, 0.25) is 0 Å². The van der Waals surface area contributed by atoms with Gasteiger partial charge in [-0.1, -0.05) is 18.2 Å². The van der Waals surface area contributed by atoms with Crippen molar-refractivity contribution in [3.05, 3.63) is 59.9 Å². The van der Waals surface area contributed by atoms with Crippen molar-refractivity contribution in [1.29, 1.82) is 0 Å². The molecule has 1 heterocycles. The number of pyridine rings is 1. The van der Waals surface area contributed by atoms with E-state index in [-0.39, 0.29) is 18.1 Å². The lowest BCUT2D eigenvalue weighted by Crippen LogP contribution is -2.14. The minimum atomic E-state index is -0.491. The highest BCUT2D eigenvalue weighted by atomic mass is 16.5. The maximum absolute atomic E-state index is 12.0. The van der Waals surface area contributed by atoms with Crippen LogP contribution in [0.15, 0.2) is 48.8 Å². The van der Waals surface area contributed by atoms with Crippen LogP contribution in [0.2, 0.25) is 0 Å². The van der Waals surface area contributed by atoms with E-state index in [1.807, 2.05) is 18.2 Å². The van der Waals surface area contributed by atoms with Crippen molar-refractivity contribution in [2.75, 3.05) is 11.9 Å². The molecule has 102 valence electrons. The Labute approximate surface area is 116 Å². The fourth-order valence-corrected chi connectivity index (χ4v) is 1.61. The van der Waals surface area contributed by atoms with E-state index >= 15 is 0 Å². The van der Waals surface area contributed by atoms with Gasteiger partial charge >= 0.3 is 5.97 Å². The zero-order valence-electron chi connectivity index (χ0n) is 11.0. The summed E-state index contributed by atoms with van der Waals surface area (Å²) in [6, 6.07) is 10.5. The topological polar surface area (TPSA) is 68.3 Å². The van der Waals surface area contributed by atoms with Crippen LogP contribution in [0, 0.1) is 0 Å². The van der Waals surface area contributed by atoms with Gasteiger partial charge in [-0.15, -0.1) is 0 Å². The Bertz CT molecular complexity index is 612. The first-order chi connectivity index (χ1) is 9.70. The highest BCUT2D eigenvalue weighted by Crippen LogP contribution is 2.10. The lowest BCUT2D eigenvalue weighted by molar-refractivity contribution is 0.0526. The molecule has 1 amide bonds. The molecule has 0 saturated heterocycles. The molecule has 0 fully saturated rings. The summed E-state index contributed by atoms with van der Waals surface area (Å²) in [6.45, 7) is 2.00. The summed E-state index contributed by atoms with van der Waals surface area (Å²) in [7, 11) is 0. The summed E-state index contributed by atoms with van der Waals surface area (Å²) in [5.74, 6) is -0.816. The smallest absolute Gasteiger partial charge is 0.339 e. The summed E-state index contributed by atoms with van der Waals surface area (Å²) in [6.07, 6.45) is 2.78. The Morgan fingerprint density at radius 1 is 1.15 bits per heavy atom. The number of ether oxygens (including phenoxy) is 1. The SMILES string of the molecule is CCOC(=O)c1cncc(C(=O)Nc2ccccc2)c1. The van der Waals surface area contributed by atoms with Gasteiger partial charge in [0.15, 0.2) is 0 Å². The number of aromatic nitrogens is 1. The van der Waals surface area contributed by atoms with Crippen molar-refractivity contribution in [3.8, 4) is 0 Å². The molecule has 5 nitrogen and oxygen atoms in total. The van der Waals surface area contributed by atoms with E-state index in [1.165, 1.54) is 18.5 Å². The minimum Gasteiger partial charge on any atom is -0.462 e. The van der Waals surface area contributed by atoms with Crippen LogP contribution in [-0.4, -0.2) is 23.5 Å². The van der Waals surface area contributed by atoms with Crippen molar-refractivity contribution in [2.24, 2.45) is 0 Å². The lowest BCUT2D eigenvalue weighted by Gasteiger charge is -2.06. The highest BCUT2D eigenvalue weighted by Gasteiger charge is 2.12. The Hall–Kier alpha value is -2.69. The second-order valence-electron chi connectivity index (χ2n) is 4.00. The zero-order valence-corrected chi connectivity index (χ0v) is 11.0. The highest BCUT2D eigenvalue weighted by molar-refractivity contribution is 6.05. The summed E-state index contributed by atoms with van der Waals surface area (Å²) in [5, 5.41) is 2.73. The molecule has 5 heteroatoms. The van der Waals surface area contributed by atoms with Crippen LogP contribution >= 0.6 is 0 Å². The standard InChI is InChI=1S/C15H14N2O3/c1-2-20-15(19)12-8-11(9-16-10-12)14(18)17-13-6-4-3-5-7-13/h3-10H,2H2,1H3,(H,17,18). The van der Waals surface area contributed by atoms with Crippen molar-refractivity contribution in [3.63, 3.8) is 0 Å². The van der Waals surface area contributed by atoms with Crippen molar-refractivity contribution < 1.29 is 14.3 Å². The predicted molar refractivity (Wildman–Crippen MR) is 74.6 cm³/mol. The average Bonchev–Trinajstić information content (AvgIpc) is 2.48. The predicted octanol–water partition coefficient (Wildman–Crippen LogP) is 2.51. The van der Waals surface area contributed by atoms with Crippen LogP contribution in [-0.2, 0) is 4.74 Å². The van der Waals surface area contributed by atoms with E-state index in [9.17, 15) is 9.59 Å². The van der Waals surface area contributed by atoms with E-state index in [0.717, 1.165) is 0 Å². The fraction of sp³-hybridized carbons (Fsp3) is 0.133. The van der Waals surface area contributed by atoms with Gasteiger partial charge in [-0.05, 0) is 25.1 Å². The molecule has 0 aliphatic heterocycles. The van der Waals surface area contributed by atoms with E-state index in [2.05, 4.69) is 10.3 Å². The number of carbonyl (C=O) groups excluding carboxylic acids is 2. The van der Waals surface area contributed by atoms with Gasteiger partial charge in [0.1, 0.15) is 0 Å². The molecular weight excluding hydrogens is 256 g/mol. The summed E-state index contributed by atoms with van der Waals surface area (Å²) >= 11 is 0. The van der Waals surface area contributed by atoms with Crippen LogP contribution in [0.1, 0.15) is 27.6 Å². The third-order valence-corrected chi connectivity index (χ3v) is 2.54. The summed E-state index contributed by atoms with van der Waals surface area (Å²) in [4.78, 5) is 27.5. The molecular formula is C15H14N2O3. The molecule has 0 saturated carbocycles. The Kier molecular flexibility index (Phi) is 4.44. The molecule has 2 aromatic rings. The first kappa shape index (κ1) is 13.7. The fourth-order valence-electron chi connectivity index (χ4n) is 1.61. The molecule has 0 unspecified atom stereocenters. The number of para-hydroxylation sites is 1. The molecule has 1 aromatic heterocycles. The molecule has 1 N–H and O–H groups in total. The second kappa shape index (κ2) is 6.47. The van der Waals surface area contributed by atoms with Gasteiger partial charge in [0.25, 0.3) is 5.91 Å². The van der Waals surface area contributed by atoms with E-state index in [4.69, 9.17) is 4.74 Å². The maximum atomic E-state index is 12.0. The van der Waals surface area contributed by atoms with Crippen LogP contribution < -0.4 is 5.32 Å². The molecule has 2 rings (SSSR count). The number of hydrogen-bond acceptors (Lipinski definition) is 4. The molecule has 0 spiro atoms. The number of rotatable bonds is 4. The van der Waals surface area contributed by atoms with Gasteiger partial charge in [-0.2, -0.15) is 0 Å². The quantitative estimate of drug-likeness (QED) is 0.867. The van der Waals surface area contributed by atoms with Gasteiger partial charge in [-0.25, -0.2) is 4.79 Å². The number of benzene rings is 1. The average molecular weight is 270 g/mol. The van der Waals surface area contributed by atoms with Crippen LogP contribution in [0.5, 0.6) is 0 Å². The van der Waals surface area contributed by atoms with E-state index < -0.39 is 5.97 Å². The Morgan fingerprint density at radius 2 is 1.85 bits per heavy atom. The lowest BCUT2D eigenvalue weighted by atomic mass is 10.2. The molecule has 0 aliphatic carbocycles. The van der Waals surface area contributed by atoms with Gasteiger partial charge < -0.3 is 10.1 Å². The normalized spacial score (nSPS) is 9.85. The van der Waals surface area contributed by atoms with E-state index in [0.29, 0.717) is 11.3 Å². The Balaban J connectivity index is 2.14. The van der Waals surface area contributed by atoms with Crippen LogP contribution in [0.25, 0.3) is 0 Å². The first-order valence-corrected chi connectivity index (χ1v) is 6.19. The maximum Gasteiger partial charge on any atom is 0.339 e. The van der Waals surface area contributed by atoms with Gasteiger partial charge in [0.05, 0.1) is 17.7 Å². The summed E-state index contributed by atoms with van der Waals surface area (Å²) in [5.41, 5.74) is 1.24. The van der Waals surface area contributed by atoms with Gasteiger partial charge in [-0.3, -0.25) is 9.78 Å². The molecule has 0 radical (unpaired) electrons. The first-order valence-electron chi connectivity index (χ1n) is 6.19. The molecule has 1 aromatic carbocycles. The zero-order chi connectivity index (χ0) is 14.4. The second-order valence-corrected chi connectivity index (χ2v) is 4.00. The third-order valence-electron chi connectivity index (χ3n) is 2.54. The number of carbonyl (C=O) groups is 2. The van der Waals surface area contributed by atoms with Crippen LogP contribution in [0.4, 0.5) is 5.69 Å². The molecule has 0 bridgehead atoms. The monoisotopic (exact) mass is 270 g/mol. The Morgan fingerprint density at radius 3 is 2.55 bits per heavy atom. The van der Waals surface area contributed by atoms with Crippen molar-refractivity contribution in [1.82, 2.24) is 4.98 Å². The number of amides is 1. The number of nitrogens with one attached hydrogen (secondary N) is 1. The van der Waals surface area contributed by atoms with Crippen molar-refractivity contribution >= 4 is 17.6 Å². The largest absolute Gasteiger partial charge is 0.462 e. The molecule has 0 atom stereocenters. The molecule has 20 heavy (non-hydrogen) atoms. The molecule has 0 aliphatic rings.